The van der Waals surface area contributed by atoms with Crippen LogP contribution >= 0.6 is 0 Å². The van der Waals surface area contributed by atoms with Gasteiger partial charge in [-0.3, -0.25) is 9.36 Å². The first kappa shape index (κ1) is 14.5. The molecule has 0 radical (unpaired) electrons. The van der Waals surface area contributed by atoms with Crippen molar-refractivity contribution in [3.8, 4) is 5.75 Å². The zero-order valence-corrected chi connectivity index (χ0v) is 11.9. The van der Waals surface area contributed by atoms with E-state index in [9.17, 15) is 9.90 Å². The van der Waals surface area contributed by atoms with E-state index in [4.69, 9.17) is 4.74 Å². The van der Waals surface area contributed by atoms with Crippen LogP contribution in [0.1, 0.15) is 0 Å². The fourth-order valence-corrected chi connectivity index (χ4v) is 2.10. The highest BCUT2D eigenvalue weighted by Crippen LogP contribution is 2.15. The summed E-state index contributed by atoms with van der Waals surface area (Å²) in [5.41, 5.74) is 0.445. The Bertz CT molecular complexity index is 652. The normalized spacial score (nSPS) is 12.8. The lowest BCUT2D eigenvalue weighted by Gasteiger charge is -2.17. The van der Waals surface area contributed by atoms with E-state index in [1.807, 2.05) is 19.0 Å². The molecule has 0 spiro atoms. The highest BCUT2D eigenvalue weighted by Gasteiger charge is 2.10. The molecule has 6 heteroatoms. The maximum Gasteiger partial charge on any atom is 0.261 e. The number of aliphatic hydroxyl groups excluding tert-OH is 1. The number of aliphatic hydroxyl groups is 1. The molecule has 1 aromatic heterocycles. The van der Waals surface area contributed by atoms with Gasteiger partial charge in [0.25, 0.3) is 5.56 Å². The Hall–Kier alpha value is -1.92. The molecule has 0 saturated heterocycles. The van der Waals surface area contributed by atoms with Gasteiger partial charge >= 0.3 is 0 Å². The van der Waals surface area contributed by atoms with Gasteiger partial charge in [0, 0.05) is 6.54 Å². The van der Waals surface area contributed by atoms with Crippen LogP contribution in [0, 0.1) is 0 Å². The lowest BCUT2D eigenvalue weighted by molar-refractivity contribution is 0.118. The standard InChI is InChI=1S/C14H19N3O3/c1-16(2)7-10(18)8-17-9-15-13-5-4-11(20-3)6-12(13)14(17)19/h4-6,9-10,18H,7-8H2,1-3H3/t10-/m0/s1. The van der Waals surface area contributed by atoms with E-state index >= 15 is 0 Å². The molecule has 1 aromatic carbocycles. The van der Waals surface area contributed by atoms with Crippen molar-refractivity contribution in [2.24, 2.45) is 0 Å². The Balaban J connectivity index is 2.35. The molecule has 6 nitrogen and oxygen atoms in total. The van der Waals surface area contributed by atoms with Gasteiger partial charge in [0.15, 0.2) is 0 Å². The molecule has 0 amide bonds. The zero-order chi connectivity index (χ0) is 14.7. The Morgan fingerprint density at radius 1 is 1.45 bits per heavy atom. The van der Waals surface area contributed by atoms with E-state index in [0.29, 0.717) is 23.2 Å². The van der Waals surface area contributed by atoms with Crippen LogP contribution in [0.5, 0.6) is 5.75 Å². The van der Waals surface area contributed by atoms with E-state index in [0.717, 1.165) is 0 Å². The van der Waals surface area contributed by atoms with Gasteiger partial charge in [-0.2, -0.15) is 0 Å². The molecule has 0 aliphatic carbocycles. The molecular weight excluding hydrogens is 258 g/mol. The first-order chi connectivity index (χ1) is 9.51. The average Bonchev–Trinajstić information content (AvgIpc) is 2.41. The van der Waals surface area contributed by atoms with Crippen molar-refractivity contribution in [3.63, 3.8) is 0 Å². The lowest BCUT2D eigenvalue weighted by Crippen LogP contribution is -2.33. The second-order valence-electron chi connectivity index (χ2n) is 5.00. The van der Waals surface area contributed by atoms with Crippen molar-refractivity contribution in [1.29, 1.82) is 0 Å². The number of hydrogen-bond donors (Lipinski definition) is 1. The van der Waals surface area contributed by atoms with Gasteiger partial charge in [-0.05, 0) is 32.3 Å². The summed E-state index contributed by atoms with van der Waals surface area (Å²) in [5.74, 6) is 0.614. The van der Waals surface area contributed by atoms with Gasteiger partial charge in [0.05, 0.1) is 37.0 Å². The molecule has 0 bridgehead atoms. The van der Waals surface area contributed by atoms with Crippen LogP contribution in [0.2, 0.25) is 0 Å². The van der Waals surface area contributed by atoms with Crippen LogP contribution in [-0.2, 0) is 6.54 Å². The predicted octanol–water partition coefficient (Wildman–Crippen LogP) is 0.328. The first-order valence-corrected chi connectivity index (χ1v) is 6.37. The second-order valence-corrected chi connectivity index (χ2v) is 5.00. The average molecular weight is 277 g/mol. The summed E-state index contributed by atoms with van der Waals surface area (Å²) in [6.07, 6.45) is 0.850. The third-order valence-corrected chi connectivity index (χ3v) is 3.01. The summed E-state index contributed by atoms with van der Waals surface area (Å²) in [7, 11) is 5.29. The molecule has 0 aliphatic rings. The van der Waals surface area contributed by atoms with Gasteiger partial charge in [-0.1, -0.05) is 0 Å². The number of fused-ring (bicyclic) bond motifs is 1. The Morgan fingerprint density at radius 3 is 2.85 bits per heavy atom. The lowest BCUT2D eigenvalue weighted by atomic mass is 10.2. The van der Waals surface area contributed by atoms with Gasteiger partial charge < -0.3 is 14.7 Å². The monoisotopic (exact) mass is 277 g/mol. The van der Waals surface area contributed by atoms with E-state index < -0.39 is 6.10 Å². The molecule has 2 rings (SSSR count). The largest absolute Gasteiger partial charge is 0.497 e. The number of ether oxygens (including phenoxy) is 1. The second kappa shape index (κ2) is 6.02. The summed E-state index contributed by atoms with van der Waals surface area (Å²) in [6, 6.07) is 5.18. The number of benzene rings is 1. The zero-order valence-electron chi connectivity index (χ0n) is 11.9. The summed E-state index contributed by atoms with van der Waals surface area (Å²) < 4.78 is 6.55. The molecule has 0 fully saturated rings. The van der Waals surface area contributed by atoms with Crippen molar-refractivity contribution >= 4 is 10.9 Å². The van der Waals surface area contributed by atoms with E-state index in [1.165, 1.54) is 10.9 Å². The number of methoxy groups -OCH3 is 1. The van der Waals surface area contributed by atoms with Crippen LogP contribution in [0.25, 0.3) is 10.9 Å². The number of likely N-dealkylation sites (N-methyl/N-ethyl adjacent to an activating group) is 1. The SMILES string of the molecule is COc1ccc2ncn(C[C@@H](O)CN(C)C)c(=O)c2c1. The van der Waals surface area contributed by atoms with Crippen molar-refractivity contribution < 1.29 is 9.84 Å². The molecule has 1 heterocycles. The first-order valence-electron chi connectivity index (χ1n) is 6.37. The Morgan fingerprint density at radius 2 is 2.20 bits per heavy atom. The van der Waals surface area contributed by atoms with E-state index in [1.54, 1.807) is 25.3 Å². The number of rotatable bonds is 5. The molecule has 1 N–H and O–H groups in total. The van der Waals surface area contributed by atoms with Crippen LogP contribution in [-0.4, -0.2) is 53.4 Å². The quantitative estimate of drug-likeness (QED) is 0.853. The highest BCUT2D eigenvalue weighted by molar-refractivity contribution is 5.78. The maximum absolute atomic E-state index is 12.4. The van der Waals surface area contributed by atoms with E-state index in [-0.39, 0.29) is 12.1 Å². The topological polar surface area (TPSA) is 67.6 Å². The minimum Gasteiger partial charge on any atom is -0.497 e. The minimum atomic E-state index is -0.618. The number of hydrogen-bond acceptors (Lipinski definition) is 5. The van der Waals surface area contributed by atoms with Crippen molar-refractivity contribution in [2.45, 2.75) is 12.6 Å². The fourth-order valence-electron chi connectivity index (χ4n) is 2.10. The molecular formula is C14H19N3O3. The minimum absolute atomic E-state index is 0.174. The third-order valence-electron chi connectivity index (χ3n) is 3.01. The summed E-state index contributed by atoms with van der Waals surface area (Å²) in [6.45, 7) is 0.708. The predicted molar refractivity (Wildman–Crippen MR) is 77.1 cm³/mol. The molecule has 0 aliphatic heterocycles. The fraction of sp³-hybridized carbons (Fsp3) is 0.429. The molecule has 2 aromatic rings. The molecule has 0 unspecified atom stereocenters. The number of aromatic nitrogens is 2. The van der Waals surface area contributed by atoms with Crippen molar-refractivity contribution in [3.05, 3.63) is 34.9 Å². The maximum atomic E-state index is 12.4. The highest BCUT2D eigenvalue weighted by atomic mass is 16.5. The van der Waals surface area contributed by atoms with Crippen LogP contribution in [0.3, 0.4) is 0 Å². The smallest absolute Gasteiger partial charge is 0.261 e. The summed E-state index contributed by atoms with van der Waals surface area (Å²) >= 11 is 0. The van der Waals surface area contributed by atoms with Gasteiger partial charge in [-0.15, -0.1) is 0 Å². The van der Waals surface area contributed by atoms with Gasteiger partial charge in [0.1, 0.15) is 5.75 Å². The summed E-state index contributed by atoms with van der Waals surface area (Å²) in [4.78, 5) is 18.5. The summed E-state index contributed by atoms with van der Waals surface area (Å²) in [5, 5.41) is 10.4. The van der Waals surface area contributed by atoms with Crippen molar-refractivity contribution in [2.75, 3.05) is 27.7 Å². The number of nitrogens with zero attached hydrogens (tertiary/aromatic N) is 3. The van der Waals surface area contributed by atoms with Crippen LogP contribution in [0.4, 0.5) is 0 Å². The third kappa shape index (κ3) is 3.15. The molecule has 108 valence electrons. The van der Waals surface area contributed by atoms with Crippen LogP contribution < -0.4 is 10.3 Å². The van der Waals surface area contributed by atoms with Crippen molar-refractivity contribution in [1.82, 2.24) is 14.5 Å². The Labute approximate surface area is 117 Å². The Kier molecular flexibility index (Phi) is 4.36. The van der Waals surface area contributed by atoms with Gasteiger partial charge in [0.2, 0.25) is 0 Å². The van der Waals surface area contributed by atoms with Gasteiger partial charge in [-0.25, -0.2) is 4.98 Å². The molecule has 0 saturated carbocycles. The van der Waals surface area contributed by atoms with E-state index in [2.05, 4.69) is 4.98 Å². The van der Waals surface area contributed by atoms with Crippen LogP contribution in [0.15, 0.2) is 29.3 Å². The molecule has 20 heavy (non-hydrogen) atoms. The molecule has 1 atom stereocenters.